The van der Waals surface area contributed by atoms with Gasteiger partial charge in [0.25, 0.3) is 5.56 Å². The summed E-state index contributed by atoms with van der Waals surface area (Å²) in [5.74, 6) is 0.607. The Balaban J connectivity index is 1.35. The Morgan fingerprint density at radius 2 is 1.68 bits per heavy atom. The number of nitrogens with one attached hydrogen (secondary N) is 2. The molecule has 2 aromatic carbocycles. The summed E-state index contributed by atoms with van der Waals surface area (Å²) in [6.45, 7) is 4.19. The highest BCUT2D eigenvalue weighted by Crippen LogP contribution is 2.18. The van der Waals surface area contributed by atoms with Crippen LogP contribution in [0.2, 0.25) is 0 Å². The Hall–Kier alpha value is -4.13. The molecule has 0 aliphatic heterocycles. The van der Waals surface area contributed by atoms with Crippen LogP contribution in [-0.2, 0) is 6.61 Å². The van der Waals surface area contributed by atoms with Crippen LogP contribution in [0.1, 0.15) is 16.8 Å². The zero-order chi connectivity index (χ0) is 21.8. The quantitative estimate of drug-likeness (QED) is 0.502. The molecule has 0 bridgehead atoms. The third-order valence-electron chi connectivity index (χ3n) is 4.89. The summed E-state index contributed by atoms with van der Waals surface area (Å²) < 4.78 is 7.22. The fourth-order valence-electron chi connectivity index (χ4n) is 3.08. The van der Waals surface area contributed by atoms with Gasteiger partial charge in [0.15, 0.2) is 0 Å². The van der Waals surface area contributed by atoms with Gasteiger partial charge in [-0.25, -0.2) is 9.78 Å². The number of carbonyl (C=O) groups is 1. The number of benzene rings is 2. The van der Waals surface area contributed by atoms with Crippen molar-refractivity contribution in [3.05, 3.63) is 100 Å². The van der Waals surface area contributed by atoms with Gasteiger partial charge in [-0.3, -0.25) is 9.20 Å². The summed E-state index contributed by atoms with van der Waals surface area (Å²) in [6, 6.07) is 19.3. The number of urea groups is 1. The minimum atomic E-state index is -0.322. The number of aryl methyl sites for hydroxylation is 2. The van der Waals surface area contributed by atoms with E-state index in [0.29, 0.717) is 22.8 Å². The largest absolute Gasteiger partial charge is 0.487 e. The van der Waals surface area contributed by atoms with Gasteiger partial charge in [0.1, 0.15) is 18.0 Å². The van der Waals surface area contributed by atoms with E-state index in [4.69, 9.17) is 4.74 Å². The molecule has 156 valence electrons. The molecule has 2 N–H and O–H groups in total. The number of amides is 2. The van der Waals surface area contributed by atoms with Gasteiger partial charge < -0.3 is 15.4 Å². The predicted molar refractivity (Wildman–Crippen MR) is 121 cm³/mol. The average Bonchev–Trinajstić information content (AvgIpc) is 2.76. The van der Waals surface area contributed by atoms with Crippen molar-refractivity contribution in [3.8, 4) is 5.75 Å². The van der Waals surface area contributed by atoms with Gasteiger partial charge in [-0.2, -0.15) is 0 Å². The van der Waals surface area contributed by atoms with Crippen molar-refractivity contribution in [2.75, 3.05) is 10.6 Å². The monoisotopic (exact) mass is 414 g/mol. The second-order valence-electron chi connectivity index (χ2n) is 7.21. The maximum absolute atomic E-state index is 12.2. The van der Waals surface area contributed by atoms with E-state index in [9.17, 15) is 9.59 Å². The lowest BCUT2D eigenvalue weighted by atomic mass is 10.1. The molecule has 4 aromatic rings. The van der Waals surface area contributed by atoms with Gasteiger partial charge in [-0.05, 0) is 73.5 Å². The van der Waals surface area contributed by atoms with Crippen LogP contribution in [0.4, 0.5) is 16.2 Å². The molecule has 7 nitrogen and oxygen atoms in total. The van der Waals surface area contributed by atoms with E-state index < -0.39 is 0 Å². The van der Waals surface area contributed by atoms with Gasteiger partial charge in [0, 0.05) is 23.6 Å². The van der Waals surface area contributed by atoms with E-state index in [1.54, 1.807) is 42.6 Å². The molecular weight excluding hydrogens is 392 g/mol. The molecule has 0 saturated carbocycles. The number of fused-ring (bicyclic) bond motifs is 1. The number of rotatable bonds is 5. The Morgan fingerprint density at radius 1 is 0.935 bits per heavy atom. The molecule has 2 aromatic heterocycles. The molecule has 7 heteroatoms. The minimum Gasteiger partial charge on any atom is -0.487 e. The van der Waals surface area contributed by atoms with Gasteiger partial charge in [-0.15, -0.1) is 0 Å². The Morgan fingerprint density at radius 3 is 2.45 bits per heavy atom. The van der Waals surface area contributed by atoms with E-state index >= 15 is 0 Å². The first-order valence-electron chi connectivity index (χ1n) is 9.83. The van der Waals surface area contributed by atoms with Gasteiger partial charge in [-0.1, -0.05) is 12.1 Å². The highest BCUT2D eigenvalue weighted by Gasteiger charge is 2.06. The molecule has 0 spiro atoms. The maximum atomic E-state index is 12.2. The summed E-state index contributed by atoms with van der Waals surface area (Å²) in [4.78, 5) is 28.8. The zero-order valence-corrected chi connectivity index (χ0v) is 17.3. The molecule has 0 fully saturated rings. The van der Waals surface area contributed by atoms with E-state index in [0.717, 1.165) is 11.3 Å². The normalized spacial score (nSPS) is 10.6. The van der Waals surface area contributed by atoms with Crippen molar-refractivity contribution in [3.63, 3.8) is 0 Å². The van der Waals surface area contributed by atoms with Crippen LogP contribution in [0.15, 0.2) is 77.7 Å². The van der Waals surface area contributed by atoms with E-state index in [1.165, 1.54) is 16.0 Å². The summed E-state index contributed by atoms with van der Waals surface area (Å²) in [5.41, 5.74) is 4.62. The second-order valence-corrected chi connectivity index (χ2v) is 7.21. The van der Waals surface area contributed by atoms with Gasteiger partial charge >= 0.3 is 6.03 Å². The zero-order valence-electron chi connectivity index (χ0n) is 17.3. The number of hydrogen-bond donors (Lipinski definition) is 2. The van der Waals surface area contributed by atoms with E-state index in [1.807, 2.05) is 38.1 Å². The summed E-state index contributed by atoms with van der Waals surface area (Å²) in [6.07, 6.45) is 1.68. The third-order valence-corrected chi connectivity index (χ3v) is 4.89. The smallest absolute Gasteiger partial charge is 0.323 e. The van der Waals surface area contributed by atoms with Crippen molar-refractivity contribution < 1.29 is 9.53 Å². The number of carbonyl (C=O) groups excluding carboxylic acids is 1. The highest BCUT2D eigenvalue weighted by molar-refractivity contribution is 5.99. The maximum Gasteiger partial charge on any atom is 0.323 e. The van der Waals surface area contributed by atoms with Crippen LogP contribution in [0, 0.1) is 13.8 Å². The number of hydrogen-bond acceptors (Lipinski definition) is 4. The first kappa shape index (κ1) is 20.2. The highest BCUT2D eigenvalue weighted by atomic mass is 16.5. The molecule has 2 amide bonds. The minimum absolute atomic E-state index is 0.154. The van der Waals surface area contributed by atoms with Crippen LogP contribution in [0.3, 0.4) is 0 Å². The summed E-state index contributed by atoms with van der Waals surface area (Å²) >= 11 is 0. The summed E-state index contributed by atoms with van der Waals surface area (Å²) in [7, 11) is 0. The van der Waals surface area contributed by atoms with Crippen LogP contribution < -0.4 is 20.9 Å². The van der Waals surface area contributed by atoms with Crippen molar-refractivity contribution in [2.24, 2.45) is 0 Å². The topological polar surface area (TPSA) is 84.7 Å². The molecule has 0 aliphatic carbocycles. The van der Waals surface area contributed by atoms with Crippen molar-refractivity contribution in [1.82, 2.24) is 9.38 Å². The van der Waals surface area contributed by atoms with Crippen LogP contribution in [0.5, 0.6) is 5.75 Å². The SMILES string of the molecule is Cc1ccc(NC(=O)Nc2ccc(OCc3cc(=O)n4ccccc4n3)cc2)cc1C. The number of nitrogens with zero attached hydrogens (tertiary/aromatic N) is 2. The number of anilines is 2. The van der Waals surface area contributed by atoms with E-state index in [2.05, 4.69) is 15.6 Å². The predicted octanol–water partition coefficient (Wildman–Crippen LogP) is 4.53. The van der Waals surface area contributed by atoms with Crippen LogP contribution in [-0.4, -0.2) is 15.4 Å². The molecule has 0 saturated heterocycles. The lowest BCUT2D eigenvalue weighted by Crippen LogP contribution is -2.19. The molecule has 0 aliphatic rings. The second kappa shape index (κ2) is 8.71. The molecule has 4 rings (SSSR count). The molecular formula is C24H22N4O3. The first-order valence-corrected chi connectivity index (χ1v) is 9.83. The summed E-state index contributed by atoms with van der Waals surface area (Å²) in [5, 5.41) is 5.61. The molecule has 0 radical (unpaired) electrons. The average molecular weight is 414 g/mol. The van der Waals surface area contributed by atoms with Gasteiger partial charge in [0.2, 0.25) is 0 Å². The fraction of sp³-hybridized carbons (Fsp3) is 0.125. The molecule has 2 heterocycles. The molecule has 0 unspecified atom stereocenters. The van der Waals surface area contributed by atoms with E-state index in [-0.39, 0.29) is 18.2 Å². The molecule has 0 atom stereocenters. The Kier molecular flexibility index (Phi) is 5.66. The fourth-order valence-corrected chi connectivity index (χ4v) is 3.08. The standard InChI is InChI=1S/C24H22N4O3/c1-16-6-7-19(13-17(16)2)27-24(30)26-18-8-10-21(11-9-18)31-15-20-14-23(29)28-12-4-3-5-22(28)25-20/h3-14H,15H2,1-2H3,(H2,26,27,30). The molecule has 31 heavy (non-hydrogen) atoms. The lowest BCUT2D eigenvalue weighted by Gasteiger charge is -2.10. The number of aromatic nitrogens is 2. The number of pyridine rings is 1. The van der Waals surface area contributed by atoms with Crippen LogP contribution in [0.25, 0.3) is 5.65 Å². The van der Waals surface area contributed by atoms with Crippen molar-refractivity contribution in [2.45, 2.75) is 20.5 Å². The number of ether oxygens (including phenoxy) is 1. The third kappa shape index (κ3) is 4.90. The Bertz CT molecular complexity index is 1300. The van der Waals surface area contributed by atoms with Crippen molar-refractivity contribution in [1.29, 1.82) is 0 Å². The van der Waals surface area contributed by atoms with Gasteiger partial charge in [0.05, 0.1) is 5.69 Å². The Labute approximate surface area is 179 Å². The first-order chi connectivity index (χ1) is 15.0. The van der Waals surface area contributed by atoms with Crippen LogP contribution >= 0.6 is 0 Å². The lowest BCUT2D eigenvalue weighted by molar-refractivity contribution is 0.262. The van der Waals surface area contributed by atoms with Crippen molar-refractivity contribution >= 4 is 23.1 Å².